The first-order chi connectivity index (χ1) is 14.2. The van der Waals surface area contributed by atoms with Gasteiger partial charge in [0.15, 0.2) is 0 Å². The lowest BCUT2D eigenvalue weighted by Gasteiger charge is -2.34. The first kappa shape index (κ1) is 18.9. The molecule has 0 N–H and O–H groups in total. The van der Waals surface area contributed by atoms with E-state index < -0.39 is 0 Å². The molecular formula is C22H21FN4O2. The van der Waals surface area contributed by atoms with Crippen LogP contribution in [0.5, 0.6) is 5.75 Å². The van der Waals surface area contributed by atoms with E-state index in [1.165, 1.54) is 12.3 Å². The summed E-state index contributed by atoms with van der Waals surface area (Å²) in [6, 6.07) is 16.4. The number of benzene rings is 1. The topological polar surface area (TPSA) is 58.6 Å². The molecule has 3 aromatic rings. The molecule has 0 bridgehead atoms. The highest BCUT2D eigenvalue weighted by molar-refractivity contribution is 5.71. The molecule has 6 nitrogen and oxygen atoms in total. The minimum atomic E-state index is -0.366. The Bertz CT molecular complexity index is 941. The lowest BCUT2D eigenvalue weighted by Crippen LogP contribution is -2.49. The van der Waals surface area contributed by atoms with Crippen molar-refractivity contribution in [3.63, 3.8) is 0 Å². The van der Waals surface area contributed by atoms with Crippen molar-refractivity contribution in [2.45, 2.75) is 6.42 Å². The predicted molar refractivity (Wildman–Crippen MR) is 107 cm³/mol. The van der Waals surface area contributed by atoms with Gasteiger partial charge in [0.1, 0.15) is 17.4 Å². The summed E-state index contributed by atoms with van der Waals surface area (Å²) in [5.74, 6) is 0.868. The molecule has 1 aliphatic rings. The van der Waals surface area contributed by atoms with E-state index in [9.17, 15) is 9.18 Å². The normalized spacial score (nSPS) is 14.0. The fourth-order valence-electron chi connectivity index (χ4n) is 3.23. The molecule has 1 aromatic carbocycles. The maximum Gasteiger partial charge on any atom is 0.415 e. The molecule has 1 amide bonds. The van der Waals surface area contributed by atoms with Crippen molar-refractivity contribution in [2.75, 3.05) is 31.1 Å². The monoisotopic (exact) mass is 392 g/mol. The van der Waals surface area contributed by atoms with Crippen LogP contribution in [0.15, 0.2) is 67.0 Å². The Morgan fingerprint density at radius 3 is 2.41 bits per heavy atom. The van der Waals surface area contributed by atoms with Gasteiger partial charge < -0.3 is 14.5 Å². The van der Waals surface area contributed by atoms with Crippen molar-refractivity contribution < 1.29 is 13.9 Å². The van der Waals surface area contributed by atoms with Crippen molar-refractivity contribution in [1.29, 1.82) is 0 Å². The van der Waals surface area contributed by atoms with E-state index in [4.69, 9.17) is 4.74 Å². The molecule has 148 valence electrons. The number of aromatic nitrogens is 2. The van der Waals surface area contributed by atoms with Crippen LogP contribution in [0.25, 0.3) is 0 Å². The minimum Gasteiger partial charge on any atom is -0.410 e. The van der Waals surface area contributed by atoms with Crippen LogP contribution in [-0.2, 0) is 6.42 Å². The molecule has 1 aliphatic heterocycles. The van der Waals surface area contributed by atoms with E-state index in [2.05, 4.69) is 9.97 Å². The van der Waals surface area contributed by atoms with Gasteiger partial charge in [-0.15, -0.1) is 0 Å². The molecule has 0 spiro atoms. The number of rotatable bonds is 4. The number of pyridine rings is 2. The van der Waals surface area contributed by atoms with Crippen LogP contribution in [0.2, 0.25) is 0 Å². The van der Waals surface area contributed by atoms with Crippen molar-refractivity contribution in [3.05, 3.63) is 84.1 Å². The lowest BCUT2D eigenvalue weighted by molar-refractivity contribution is 0.149. The zero-order valence-electron chi connectivity index (χ0n) is 15.9. The van der Waals surface area contributed by atoms with Crippen molar-refractivity contribution in [3.8, 4) is 5.75 Å². The summed E-state index contributed by atoms with van der Waals surface area (Å²) in [7, 11) is 0. The molecule has 0 saturated carbocycles. The third kappa shape index (κ3) is 4.87. The van der Waals surface area contributed by atoms with Crippen LogP contribution >= 0.6 is 0 Å². The van der Waals surface area contributed by atoms with Gasteiger partial charge in [-0.1, -0.05) is 18.2 Å². The van der Waals surface area contributed by atoms with Gasteiger partial charge >= 0.3 is 6.09 Å². The number of carbonyl (C=O) groups excluding carboxylic acids is 1. The summed E-state index contributed by atoms with van der Waals surface area (Å²) in [6.45, 7) is 2.29. The number of hydrogen-bond donors (Lipinski definition) is 0. The zero-order chi connectivity index (χ0) is 20.1. The average molecular weight is 392 g/mol. The van der Waals surface area contributed by atoms with E-state index in [1.807, 2.05) is 35.2 Å². The largest absolute Gasteiger partial charge is 0.415 e. The van der Waals surface area contributed by atoms with Crippen LogP contribution in [0.1, 0.15) is 11.3 Å². The maximum atomic E-state index is 13.0. The average Bonchev–Trinajstić information content (AvgIpc) is 2.76. The second kappa shape index (κ2) is 8.68. The van der Waals surface area contributed by atoms with Gasteiger partial charge in [-0.3, -0.25) is 4.98 Å². The number of carbonyl (C=O) groups is 1. The summed E-state index contributed by atoms with van der Waals surface area (Å²) in [6.07, 6.45) is 3.34. The van der Waals surface area contributed by atoms with Gasteiger partial charge in [-0.2, -0.15) is 0 Å². The first-order valence-corrected chi connectivity index (χ1v) is 9.49. The summed E-state index contributed by atoms with van der Waals surface area (Å²) < 4.78 is 18.5. The molecule has 2 aromatic heterocycles. The Hall–Kier alpha value is -3.48. The van der Waals surface area contributed by atoms with Gasteiger partial charge in [0.25, 0.3) is 0 Å². The number of hydrogen-bond acceptors (Lipinski definition) is 5. The Kier molecular flexibility index (Phi) is 5.65. The molecule has 1 fully saturated rings. The molecule has 0 aliphatic carbocycles. The Balaban J connectivity index is 1.29. The van der Waals surface area contributed by atoms with Crippen molar-refractivity contribution in [1.82, 2.24) is 14.9 Å². The van der Waals surface area contributed by atoms with Gasteiger partial charge in [0.2, 0.25) is 0 Å². The second-order valence-electron chi connectivity index (χ2n) is 6.82. The Labute approximate surface area is 168 Å². The Morgan fingerprint density at radius 1 is 0.966 bits per heavy atom. The molecular weight excluding hydrogens is 371 g/mol. The van der Waals surface area contributed by atoms with E-state index in [0.29, 0.717) is 37.7 Å². The van der Waals surface area contributed by atoms with Gasteiger partial charge in [0, 0.05) is 44.5 Å². The number of nitrogens with zero attached hydrogens (tertiary/aromatic N) is 4. The molecule has 0 unspecified atom stereocenters. The summed E-state index contributed by atoms with van der Waals surface area (Å²) in [4.78, 5) is 24.5. The summed E-state index contributed by atoms with van der Waals surface area (Å²) in [5.41, 5.74) is 2.09. The molecule has 4 rings (SSSR count). The highest BCUT2D eigenvalue weighted by Crippen LogP contribution is 2.17. The van der Waals surface area contributed by atoms with Crippen LogP contribution in [0, 0.1) is 5.82 Å². The van der Waals surface area contributed by atoms with Gasteiger partial charge in [0.05, 0.1) is 6.20 Å². The van der Waals surface area contributed by atoms with Crippen LogP contribution in [-0.4, -0.2) is 47.1 Å². The van der Waals surface area contributed by atoms with Crippen LogP contribution in [0.3, 0.4) is 0 Å². The third-order valence-electron chi connectivity index (χ3n) is 4.81. The molecule has 0 radical (unpaired) electrons. The fraction of sp³-hybridized carbons (Fsp3) is 0.227. The summed E-state index contributed by atoms with van der Waals surface area (Å²) in [5, 5.41) is 0. The second-order valence-corrected chi connectivity index (χ2v) is 6.82. The quantitative estimate of drug-likeness (QED) is 0.680. The lowest BCUT2D eigenvalue weighted by atomic mass is 10.1. The number of halogens is 1. The van der Waals surface area contributed by atoms with E-state index in [0.717, 1.165) is 17.7 Å². The van der Waals surface area contributed by atoms with Crippen LogP contribution < -0.4 is 9.64 Å². The Morgan fingerprint density at radius 2 is 1.76 bits per heavy atom. The van der Waals surface area contributed by atoms with Crippen molar-refractivity contribution in [2.24, 2.45) is 0 Å². The third-order valence-corrected chi connectivity index (χ3v) is 4.81. The standard InChI is InChI=1S/C22H21FN4O2/c23-18-6-9-21(25-16-18)26-11-13-27(14-12-26)22(28)29-20-7-4-17(5-8-20)15-19-3-1-2-10-24-19/h1-10,16H,11-15H2. The molecule has 29 heavy (non-hydrogen) atoms. The number of anilines is 1. The summed E-state index contributed by atoms with van der Waals surface area (Å²) >= 11 is 0. The smallest absolute Gasteiger partial charge is 0.410 e. The molecule has 7 heteroatoms. The van der Waals surface area contributed by atoms with Gasteiger partial charge in [-0.25, -0.2) is 14.2 Å². The number of amides is 1. The van der Waals surface area contributed by atoms with Crippen LogP contribution in [0.4, 0.5) is 15.0 Å². The first-order valence-electron chi connectivity index (χ1n) is 9.49. The fourth-order valence-corrected chi connectivity index (χ4v) is 3.23. The van der Waals surface area contributed by atoms with Crippen molar-refractivity contribution >= 4 is 11.9 Å². The maximum absolute atomic E-state index is 13.0. The van der Waals surface area contributed by atoms with E-state index >= 15 is 0 Å². The van der Waals surface area contributed by atoms with E-state index in [-0.39, 0.29) is 11.9 Å². The molecule has 3 heterocycles. The van der Waals surface area contributed by atoms with E-state index in [1.54, 1.807) is 29.3 Å². The highest BCUT2D eigenvalue weighted by Gasteiger charge is 2.23. The SMILES string of the molecule is O=C(Oc1ccc(Cc2ccccn2)cc1)N1CCN(c2ccc(F)cn2)CC1. The number of piperazine rings is 1. The highest BCUT2D eigenvalue weighted by atomic mass is 19.1. The molecule has 1 saturated heterocycles. The zero-order valence-corrected chi connectivity index (χ0v) is 15.9. The predicted octanol–water partition coefficient (Wildman–Crippen LogP) is 3.53. The number of ether oxygens (including phenoxy) is 1. The minimum absolute atomic E-state index is 0.359. The van der Waals surface area contributed by atoms with Gasteiger partial charge in [-0.05, 0) is 42.0 Å². The molecule has 0 atom stereocenters.